The zero-order valence-corrected chi connectivity index (χ0v) is 19.8. The fourth-order valence-corrected chi connectivity index (χ4v) is 4.11. The number of pyridine rings is 1. The van der Waals surface area contributed by atoms with Crippen LogP contribution in [0.1, 0.15) is 18.7 Å². The number of nitrogens with zero attached hydrogens (tertiary/aromatic N) is 4. The van der Waals surface area contributed by atoms with Crippen LogP contribution in [0.3, 0.4) is 0 Å². The van der Waals surface area contributed by atoms with Gasteiger partial charge in [-0.1, -0.05) is 19.6 Å². The molecule has 0 fully saturated rings. The summed E-state index contributed by atoms with van der Waals surface area (Å²) in [4.78, 5) is 9.06. The SMILES string of the molecule is CC(O)c1cc(NCOCC[Si](C)(C)C)n2ncc(-c3cnc4ccc(F)cc4c3)c2n1. The molecule has 0 spiro atoms. The lowest BCUT2D eigenvalue weighted by molar-refractivity contribution is 0.165. The first kappa shape index (κ1) is 22.3. The van der Waals surface area contributed by atoms with Gasteiger partial charge in [-0.2, -0.15) is 9.61 Å². The van der Waals surface area contributed by atoms with E-state index in [1.54, 1.807) is 36.0 Å². The van der Waals surface area contributed by atoms with Gasteiger partial charge >= 0.3 is 0 Å². The highest BCUT2D eigenvalue weighted by Gasteiger charge is 2.16. The first-order valence-electron chi connectivity index (χ1n) is 10.7. The van der Waals surface area contributed by atoms with Crippen molar-refractivity contribution in [2.75, 3.05) is 18.7 Å². The van der Waals surface area contributed by atoms with Gasteiger partial charge in [0.2, 0.25) is 0 Å². The molecule has 3 heterocycles. The molecule has 9 heteroatoms. The minimum absolute atomic E-state index is 0.313. The van der Waals surface area contributed by atoms with E-state index in [0.29, 0.717) is 41.4 Å². The van der Waals surface area contributed by atoms with Gasteiger partial charge < -0.3 is 15.2 Å². The third kappa shape index (κ3) is 4.95. The zero-order chi connectivity index (χ0) is 22.9. The summed E-state index contributed by atoms with van der Waals surface area (Å²) in [5.74, 6) is 0.358. The Labute approximate surface area is 187 Å². The van der Waals surface area contributed by atoms with Gasteiger partial charge in [0.15, 0.2) is 5.65 Å². The van der Waals surface area contributed by atoms with Crippen molar-refractivity contribution < 1.29 is 14.2 Å². The molecule has 4 rings (SSSR count). The Balaban J connectivity index is 1.67. The van der Waals surface area contributed by atoms with Crippen molar-refractivity contribution >= 4 is 30.4 Å². The highest BCUT2D eigenvalue weighted by atomic mass is 28.3. The zero-order valence-electron chi connectivity index (χ0n) is 18.8. The summed E-state index contributed by atoms with van der Waals surface area (Å²) in [6.07, 6.45) is 2.67. The molecule has 4 aromatic rings. The Kier molecular flexibility index (Phi) is 6.23. The summed E-state index contributed by atoms with van der Waals surface area (Å²) in [5, 5.41) is 18.6. The van der Waals surface area contributed by atoms with Crippen molar-refractivity contribution in [1.82, 2.24) is 19.6 Å². The van der Waals surface area contributed by atoms with E-state index in [-0.39, 0.29) is 5.82 Å². The number of halogens is 1. The number of anilines is 1. The van der Waals surface area contributed by atoms with Crippen LogP contribution in [0.2, 0.25) is 25.7 Å². The number of benzene rings is 1. The van der Waals surface area contributed by atoms with Gasteiger partial charge in [0, 0.05) is 43.5 Å². The second-order valence-electron chi connectivity index (χ2n) is 9.14. The normalized spacial score (nSPS) is 13.1. The van der Waals surface area contributed by atoms with E-state index in [9.17, 15) is 9.50 Å². The lowest BCUT2D eigenvalue weighted by atomic mass is 10.1. The minimum atomic E-state index is -1.15. The first-order valence-corrected chi connectivity index (χ1v) is 14.4. The van der Waals surface area contributed by atoms with Gasteiger partial charge in [-0.05, 0) is 37.2 Å². The Hall–Kier alpha value is -2.88. The van der Waals surface area contributed by atoms with Crippen molar-refractivity contribution in [3.8, 4) is 11.1 Å². The van der Waals surface area contributed by atoms with E-state index in [1.165, 1.54) is 12.1 Å². The monoisotopic (exact) mass is 453 g/mol. The molecule has 1 atom stereocenters. The number of fused-ring (bicyclic) bond motifs is 2. The quantitative estimate of drug-likeness (QED) is 0.225. The second kappa shape index (κ2) is 8.93. The van der Waals surface area contributed by atoms with Crippen LogP contribution in [0.15, 0.2) is 42.7 Å². The first-order chi connectivity index (χ1) is 15.2. The van der Waals surface area contributed by atoms with Crippen LogP contribution in [0.4, 0.5) is 10.2 Å². The second-order valence-corrected chi connectivity index (χ2v) is 14.8. The predicted molar refractivity (Wildman–Crippen MR) is 127 cm³/mol. The number of ether oxygens (including phenoxy) is 1. The van der Waals surface area contributed by atoms with E-state index in [4.69, 9.17) is 4.74 Å². The van der Waals surface area contributed by atoms with E-state index in [0.717, 1.165) is 17.2 Å². The predicted octanol–water partition coefficient (Wildman–Crippen LogP) is 4.86. The summed E-state index contributed by atoms with van der Waals surface area (Å²) in [6, 6.07) is 9.22. The smallest absolute Gasteiger partial charge is 0.165 e. The highest BCUT2D eigenvalue weighted by molar-refractivity contribution is 6.76. The van der Waals surface area contributed by atoms with Crippen LogP contribution in [-0.2, 0) is 4.74 Å². The molecule has 0 radical (unpaired) electrons. The summed E-state index contributed by atoms with van der Waals surface area (Å²) < 4.78 is 21.1. The minimum Gasteiger partial charge on any atom is -0.387 e. The number of rotatable bonds is 8. The van der Waals surface area contributed by atoms with E-state index < -0.39 is 14.2 Å². The molecule has 0 saturated carbocycles. The molecular formula is C23H28FN5O2Si. The fourth-order valence-electron chi connectivity index (χ4n) is 3.35. The van der Waals surface area contributed by atoms with Gasteiger partial charge in [-0.15, -0.1) is 0 Å². The molecule has 3 aromatic heterocycles. The van der Waals surface area contributed by atoms with E-state index >= 15 is 0 Å². The average molecular weight is 454 g/mol. The molecular weight excluding hydrogens is 425 g/mol. The number of aliphatic hydroxyl groups is 1. The summed E-state index contributed by atoms with van der Waals surface area (Å²) in [7, 11) is -1.15. The number of aliphatic hydroxyl groups excluding tert-OH is 1. The molecule has 168 valence electrons. The van der Waals surface area contributed by atoms with Crippen LogP contribution in [0, 0.1) is 5.82 Å². The lowest BCUT2D eigenvalue weighted by Crippen LogP contribution is -2.22. The molecule has 0 aliphatic heterocycles. The van der Waals surface area contributed by atoms with Crippen molar-refractivity contribution in [1.29, 1.82) is 0 Å². The Morgan fingerprint density at radius 2 is 2.00 bits per heavy atom. The average Bonchev–Trinajstić information content (AvgIpc) is 3.16. The maximum absolute atomic E-state index is 13.7. The third-order valence-corrected chi connectivity index (χ3v) is 6.93. The molecule has 1 aromatic carbocycles. The topological polar surface area (TPSA) is 84.6 Å². The van der Waals surface area contributed by atoms with Crippen LogP contribution in [0.5, 0.6) is 0 Å². The molecule has 2 N–H and O–H groups in total. The number of hydrogen-bond donors (Lipinski definition) is 2. The molecule has 0 bridgehead atoms. The van der Waals surface area contributed by atoms with Crippen LogP contribution in [-0.4, -0.2) is 46.1 Å². The molecule has 0 saturated heterocycles. The Morgan fingerprint density at radius 3 is 2.75 bits per heavy atom. The molecule has 0 aliphatic carbocycles. The Bertz CT molecular complexity index is 1250. The number of hydrogen-bond acceptors (Lipinski definition) is 6. The van der Waals surface area contributed by atoms with Crippen LogP contribution in [0.25, 0.3) is 27.7 Å². The van der Waals surface area contributed by atoms with Gasteiger partial charge in [0.1, 0.15) is 18.4 Å². The molecule has 1 unspecified atom stereocenters. The Morgan fingerprint density at radius 1 is 1.19 bits per heavy atom. The van der Waals surface area contributed by atoms with E-state index in [1.807, 2.05) is 6.07 Å². The maximum Gasteiger partial charge on any atom is 0.165 e. The molecule has 0 aliphatic rings. The molecule has 7 nitrogen and oxygen atoms in total. The van der Waals surface area contributed by atoms with Gasteiger partial charge in [0.25, 0.3) is 0 Å². The van der Waals surface area contributed by atoms with Crippen molar-refractivity contribution in [3.63, 3.8) is 0 Å². The van der Waals surface area contributed by atoms with Gasteiger partial charge in [-0.3, -0.25) is 4.98 Å². The highest BCUT2D eigenvalue weighted by Crippen LogP contribution is 2.29. The largest absolute Gasteiger partial charge is 0.387 e. The molecule has 32 heavy (non-hydrogen) atoms. The van der Waals surface area contributed by atoms with Crippen LogP contribution < -0.4 is 5.32 Å². The fraction of sp³-hybridized carbons (Fsp3) is 0.348. The van der Waals surface area contributed by atoms with Crippen molar-refractivity contribution in [3.05, 3.63) is 54.2 Å². The van der Waals surface area contributed by atoms with Gasteiger partial charge in [-0.25, -0.2) is 9.37 Å². The number of nitrogens with one attached hydrogen (secondary N) is 1. The maximum atomic E-state index is 13.7. The summed E-state index contributed by atoms with van der Waals surface area (Å²) in [6.45, 7) is 9.63. The summed E-state index contributed by atoms with van der Waals surface area (Å²) >= 11 is 0. The summed E-state index contributed by atoms with van der Waals surface area (Å²) in [5.41, 5.74) is 3.32. The number of aromatic nitrogens is 4. The van der Waals surface area contributed by atoms with E-state index in [2.05, 4.69) is 40.0 Å². The molecule has 0 amide bonds. The third-order valence-electron chi connectivity index (χ3n) is 5.23. The van der Waals surface area contributed by atoms with Crippen LogP contribution >= 0.6 is 0 Å². The van der Waals surface area contributed by atoms with Crippen molar-refractivity contribution in [2.24, 2.45) is 0 Å². The lowest BCUT2D eigenvalue weighted by Gasteiger charge is -2.16. The standard InChI is InChI=1S/C23H28FN5O2Si/c1-15(30)21-11-22(26-14-31-7-8-32(2,3)4)29-23(28-21)19(13-27-29)17-9-16-10-18(24)5-6-20(16)25-12-17/h5-6,9-13,15,26,30H,7-8,14H2,1-4H3. The van der Waals surface area contributed by atoms with Crippen molar-refractivity contribution in [2.45, 2.75) is 38.7 Å². The van der Waals surface area contributed by atoms with Gasteiger partial charge in [0.05, 0.1) is 23.5 Å².